The molecular formula is C22H21NO4S. The van der Waals surface area contributed by atoms with Crippen LogP contribution >= 0.6 is 11.8 Å². The second kappa shape index (κ2) is 8.44. The Morgan fingerprint density at radius 1 is 1.04 bits per heavy atom. The number of ether oxygens (including phenoxy) is 2. The quantitative estimate of drug-likeness (QED) is 0.595. The Bertz CT molecular complexity index is 968. The van der Waals surface area contributed by atoms with Crippen LogP contribution < -0.4 is 14.8 Å². The lowest BCUT2D eigenvalue weighted by molar-refractivity contribution is -0.116. The van der Waals surface area contributed by atoms with Gasteiger partial charge in [0.1, 0.15) is 24.7 Å². The van der Waals surface area contributed by atoms with Crippen molar-refractivity contribution in [3.05, 3.63) is 60.4 Å². The molecule has 0 unspecified atom stereocenters. The second-order valence-electron chi connectivity index (χ2n) is 6.38. The first kappa shape index (κ1) is 18.5. The molecule has 28 heavy (non-hydrogen) atoms. The maximum absolute atomic E-state index is 12.5. The van der Waals surface area contributed by atoms with Gasteiger partial charge in [0.15, 0.2) is 11.5 Å². The highest BCUT2D eigenvalue weighted by atomic mass is 32.2. The van der Waals surface area contributed by atoms with Crippen LogP contribution in [0.15, 0.2) is 63.9 Å². The third-order valence-corrected chi connectivity index (χ3v) is 5.23. The first-order chi connectivity index (χ1) is 13.7. The number of thioether (sulfide) groups is 1. The number of anilines is 1. The molecule has 0 bridgehead atoms. The molecule has 1 aliphatic heterocycles. The minimum Gasteiger partial charge on any atom is -0.486 e. The standard InChI is InChI=1S/C22H21NO4S/c1-28-21-14-20-19(25-11-12-26-20)13-17(21)23-22(24)10-8-16-7-9-18(27-16)15-5-3-2-4-6-15/h2-7,9,13-14H,8,10-12H2,1H3,(H,23,24). The number of hydrogen-bond donors (Lipinski definition) is 1. The van der Waals surface area contributed by atoms with Crippen LogP contribution in [0.3, 0.4) is 0 Å². The number of rotatable bonds is 6. The molecule has 1 amide bonds. The molecule has 2 heterocycles. The van der Waals surface area contributed by atoms with Crippen LogP contribution in [0.5, 0.6) is 11.5 Å². The molecule has 1 N–H and O–H groups in total. The molecule has 1 aliphatic rings. The number of carbonyl (C=O) groups is 1. The summed E-state index contributed by atoms with van der Waals surface area (Å²) >= 11 is 1.56. The number of nitrogens with one attached hydrogen (secondary N) is 1. The van der Waals surface area contributed by atoms with Gasteiger partial charge in [0.2, 0.25) is 5.91 Å². The van der Waals surface area contributed by atoms with Gasteiger partial charge in [-0.25, -0.2) is 0 Å². The predicted octanol–water partition coefficient (Wildman–Crippen LogP) is 5.01. The summed E-state index contributed by atoms with van der Waals surface area (Å²) < 4.78 is 17.1. The molecule has 5 nitrogen and oxygen atoms in total. The fraction of sp³-hybridized carbons (Fsp3) is 0.227. The Morgan fingerprint density at radius 2 is 1.79 bits per heavy atom. The largest absolute Gasteiger partial charge is 0.486 e. The fourth-order valence-electron chi connectivity index (χ4n) is 3.06. The van der Waals surface area contributed by atoms with E-state index in [0.717, 1.165) is 33.4 Å². The highest BCUT2D eigenvalue weighted by Crippen LogP contribution is 2.39. The van der Waals surface area contributed by atoms with Crippen LogP contribution in [-0.2, 0) is 11.2 Å². The molecule has 144 valence electrons. The minimum atomic E-state index is -0.0651. The van der Waals surface area contributed by atoms with Crippen molar-refractivity contribution in [3.8, 4) is 22.8 Å². The molecule has 0 fully saturated rings. The zero-order valence-electron chi connectivity index (χ0n) is 15.6. The van der Waals surface area contributed by atoms with Crippen LogP contribution in [0.4, 0.5) is 5.69 Å². The summed E-state index contributed by atoms with van der Waals surface area (Å²) in [5, 5.41) is 2.98. The summed E-state index contributed by atoms with van der Waals surface area (Å²) in [6.45, 7) is 1.06. The summed E-state index contributed by atoms with van der Waals surface area (Å²) in [5.41, 5.74) is 1.77. The fourth-order valence-corrected chi connectivity index (χ4v) is 3.61. The van der Waals surface area contributed by atoms with Crippen LogP contribution in [0, 0.1) is 0 Å². The van der Waals surface area contributed by atoms with Crippen LogP contribution in [0.1, 0.15) is 12.2 Å². The van der Waals surface area contributed by atoms with Gasteiger partial charge < -0.3 is 19.2 Å². The molecule has 4 rings (SSSR count). The predicted molar refractivity (Wildman–Crippen MR) is 110 cm³/mol. The van der Waals surface area contributed by atoms with Crippen molar-refractivity contribution < 1.29 is 18.7 Å². The highest BCUT2D eigenvalue weighted by Gasteiger charge is 2.17. The van der Waals surface area contributed by atoms with E-state index >= 15 is 0 Å². The average Bonchev–Trinajstić information content (AvgIpc) is 3.21. The van der Waals surface area contributed by atoms with Gasteiger partial charge in [0.05, 0.1) is 5.69 Å². The molecule has 0 saturated carbocycles. The molecule has 0 atom stereocenters. The number of fused-ring (bicyclic) bond motifs is 1. The van der Waals surface area contributed by atoms with E-state index in [-0.39, 0.29) is 5.91 Å². The summed E-state index contributed by atoms with van der Waals surface area (Å²) in [6, 6.07) is 17.5. The van der Waals surface area contributed by atoms with Crippen molar-refractivity contribution in [2.45, 2.75) is 17.7 Å². The summed E-state index contributed by atoms with van der Waals surface area (Å²) in [6.07, 6.45) is 2.84. The molecule has 0 radical (unpaired) electrons. The average molecular weight is 395 g/mol. The number of aryl methyl sites for hydroxylation is 1. The summed E-state index contributed by atoms with van der Waals surface area (Å²) in [5.74, 6) is 2.92. The monoisotopic (exact) mass is 395 g/mol. The van der Waals surface area contributed by atoms with Gasteiger partial charge >= 0.3 is 0 Å². The lowest BCUT2D eigenvalue weighted by Gasteiger charge is -2.21. The van der Waals surface area contributed by atoms with Gasteiger partial charge in [0.25, 0.3) is 0 Å². The van der Waals surface area contributed by atoms with Crippen LogP contribution in [0.2, 0.25) is 0 Å². The van der Waals surface area contributed by atoms with E-state index in [0.29, 0.717) is 31.8 Å². The summed E-state index contributed by atoms with van der Waals surface area (Å²) in [7, 11) is 0. The molecular weight excluding hydrogens is 374 g/mol. The normalized spacial score (nSPS) is 12.6. The third kappa shape index (κ3) is 4.17. The third-order valence-electron chi connectivity index (χ3n) is 4.46. The second-order valence-corrected chi connectivity index (χ2v) is 7.22. The molecule has 2 aromatic carbocycles. The zero-order valence-corrected chi connectivity index (χ0v) is 16.4. The molecule has 3 aromatic rings. The lowest BCUT2D eigenvalue weighted by atomic mass is 10.2. The lowest BCUT2D eigenvalue weighted by Crippen LogP contribution is -2.17. The SMILES string of the molecule is CSc1cc2c(cc1NC(=O)CCc1ccc(-c3ccccc3)o1)OCCO2. The smallest absolute Gasteiger partial charge is 0.224 e. The molecule has 1 aromatic heterocycles. The number of carbonyl (C=O) groups excluding carboxylic acids is 1. The Labute approximate surface area is 168 Å². The van der Waals surface area contributed by atoms with E-state index in [1.807, 2.05) is 60.9 Å². The Hall–Kier alpha value is -2.86. The molecule has 0 aliphatic carbocycles. The first-order valence-electron chi connectivity index (χ1n) is 9.14. The number of benzene rings is 2. The van der Waals surface area contributed by atoms with E-state index in [2.05, 4.69) is 5.32 Å². The van der Waals surface area contributed by atoms with E-state index in [1.54, 1.807) is 11.8 Å². The molecule has 0 spiro atoms. The summed E-state index contributed by atoms with van der Waals surface area (Å²) in [4.78, 5) is 13.4. The van der Waals surface area contributed by atoms with Gasteiger partial charge in [-0.05, 0) is 24.5 Å². The maximum Gasteiger partial charge on any atom is 0.224 e. The van der Waals surface area contributed by atoms with Crippen molar-refractivity contribution >= 4 is 23.4 Å². The van der Waals surface area contributed by atoms with Crippen molar-refractivity contribution in [1.82, 2.24) is 0 Å². The van der Waals surface area contributed by atoms with Crippen LogP contribution in [-0.4, -0.2) is 25.4 Å². The van der Waals surface area contributed by atoms with E-state index in [9.17, 15) is 4.79 Å². The Morgan fingerprint density at radius 3 is 2.54 bits per heavy atom. The first-order valence-corrected chi connectivity index (χ1v) is 10.4. The minimum absolute atomic E-state index is 0.0651. The zero-order chi connectivity index (χ0) is 19.3. The molecule has 6 heteroatoms. The van der Waals surface area contributed by atoms with Crippen molar-refractivity contribution in [2.75, 3.05) is 24.8 Å². The Kier molecular flexibility index (Phi) is 5.58. The Balaban J connectivity index is 1.39. The van der Waals surface area contributed by atoms with Gasteiger partial charge in [-0.1, -0.05) is 30.3 Å². The van der Waals surface area contributed by atoms with Gasteiger partial charge in [-0.3, -0.25) is 4.79 Å². The number of amides is 1. The maximum atomic E-state index is 12.5. The number of hydrogen-bond acceptors (Lipinski definition) is 5. The van der Waals surface area contributed by atoms with E-state index < -0.39 is 0 Å². The van der Waals surface area contributed by atoms with Gasteiger partial charge in [-0.2, -0.15) is 0 Å². The van der Waals surface area contributed by atoms with Gasteiger partial charge in [0, 0.05) is 29.4 Å². The van der Waals surface area contributed by atoms with Crippen LogP contribution in [0.25, 0.3) is 11.3 Å². The van der Waals surface area contributed by atoms with Gasteiger partial charge in [-0.15, -0.1) is 11.8 Å². The topological polar surface area (TPSA) is 60.7 Å². The molecule has 0 saturated heterocycles. The van der Waals surface area contributed by atoms with Crippen molar-refractivity contribution in [3.63, 3.8) is 0 Å². The van der Waals surface area contributed by atoms with E-state index in [1.165, 1.54) is 0 Å². The van der Waals surface area contributed by atoms with Crippen molar-refractivity contribution in [2.24, 2.45) is 0 Å². The van der Waals surface area contributed by atoms with E-state index in [4.69, 9.17) is 13.9 Å². The highest BCUT2D eigenvalue weighted by molar-refractivity contribution is 7.98. The van der Waals surface area contributed by atoms with Crippen molar-refractivity contribution in [1.29, 1.82) is 0 Å². The number of furan rings is 1.